The van der Waals surface area contributed by atoms with Crippen LogP contribution in [0.15, 0.2) is 194 Å². The molecule has 816 valence electrons. The summed E-state index contributed by atoms with van der Waals surface area (Å²) in [6.07, 6.45) is -11.0. The second-order valence-corrected chi connectivity index (χ2v) is 56.1. The van der Waals surface area contributed by atoms with Crippen LogP contribution in [0.1, 0.15) is 255 Å². The first-order valence-corrected chi connectivity index (χ1v) is 58.8. The lowest BCUT2D eigenvalue weighted by atomic mass is 9.89. The summed E-state index contributed by atoms with van der Waals surface area (Å²) in [4.78, 5) is 62.2. The molecular weight excluding hydrogens is 2150 g/mol. The maximum atomic E-state index is 14.0. The molecule has 148 heavy (non-hydrogen) atoms. The number of benzene rings is 8. The highest BCUT2D eigenvalue weighted by Crippen LogP contribution is 2.52. The minimum Gasteiger partial charge on any atom is -0.394 e. The molecule has 4 heterocycles. The van der Waals surface area contributed by atoms with Crippen LogP contribution in [-0.2, 0) is 77.5 Å². The number of nitrogens with zero attached hydrogens (tertiary/aromatic N) is 4. The first kappa shape index (κ1) is 125. The highest BCUT2D eigenvalue weighted by Gasteiger charge is 2.55. The van der Waals surface area contributed by atoms with E-state index in [0.717, 1.165) is 22.3 Å². The van der Waals surface area contributed by atoms with Crippen LogP contribution in [0, 0.1) is 0 Å². The number of ether oxygens (including phenoxy) is 4. The Labute approximate surface area is 911 Å². The van der Waals surface area contributed by atoms with E-state index in [1.807, 2.05) is 52.0 Å². The molecule has 0 saturated carbocycles. The molecule has 0 unspecified atom stereocenters. The SMILES string of the molecule is CC[C@@H](CS(=O)(=O)C(C)(C)C)N1C(=O)[C@@H](C[C@@H](O)CO)O[C@H](c2cccc(Cl)c2)[C@H]1c1ccc(Cl)cc1.CC[C@@H](CS(=O)(=O)C(C)(C)C)N1C(=O)[C@@H](C[C@H](O)CO)O[C@H](c2cccc(Cl)c2)[C@H]1c1ccc(Cl)cc1.CC[C@@H](CS(=O)(=O)C(C)(C)C)N1C(=O)[C@H](C[C@@H](O)CO)O[C@H](c2cccc(Cl)c2)[C@H]1c1ccc(Cl)cc1.CC[C@@H](CS(=O)(=O)C(C)(C)C)N1C(=O)[C@H](C[C@H](O)CO)O[C@H](c2cccc(Cl)c2)[C@H]1c1ccc(Cl)cc1. The minimum absolute atomic E-state index is 0.140. The average molecular weight is 2290 g/mol. The molecule has 4 amide bonds. The molecule has 12 rings (SSSR count). The van der Waals surface area contributed by atoms with E-state index >= 15 is 0 Å². The second-order valence-electron chi connectivity index (χ2n) is 41.5. The number of carbonyl (C=O) groups excluding carboxylic acids is 4. The van der Waals surface area contributed by atoms with E-state index in [9.17, 15) is 93.7 Å². The number of rotatable bonds is 36. The van der Waals surface area contributed by atoms with E-state index in [0.29, 0.717) is 88.1 Å². The Hall–Kier alpha value is -6.72. The molecule has 8 aromatic rings. The summed E-state index contributed by atoms with van der Waals surface area (Å²) >= 11 is 49.8. The predicted molar refractivity (Wildman–Crippen MR) is 582 cm³/mol. The van der Waals surface area contributed by atoms with Crippen molar-refractivity contribution in [1.82, 2.24) is 19.6 Å². The van der Waals surface area contributed by atoms with Crippen molar-refractivity contribution in [2.45, 2.75) is 303 Å². The Morgan fingerprint density at radius 1 is 0.264 bits per heavy atom. The van der Waals surface area contributed by atoms with E-state index in [4.69, 9.17) is 112 Å². The minimum atomic E-state index is -3.59. The first-order valence-electron chi connectivity index (χ1n) is 49.1. The van der Waals surface area contributed by atoms with Crippen LogP contribution in [0.4, 0.5) is 0 Å². The molecule has 8 N–H and O–H groups in total. The normalized spacial score (nSPS) is 22.6. The van der Waals surface area contributed by atoms with E-state index in [-0.39, 0.29) is 48.7 Å². The molecule has 28 nitrogen and oxygen atoms in total. The smallest absolute Gasteiger partial charge is 0.252 e. The van der Waals surface area contributed by atoms with Crippen molar-refractivity contribution in [3.05, 3.63) is 279 Å². The number of halogens is 8. The van der Waals surface area contributed by atoms with Crippen LogP contribution in [-0.4, -0.2) is 259 Å². The maximum Gasteiger partial charge on any atom is 0.252 e. The standard InChI is InChI=1S/4C27H35Cl2NO6S/c4*1-5-21(16-37(34,35)27(2,3)4)30-24(17-9-11-19(28)12-10-17)25(18-7-6-8-20(29)13-18)36-23(26(30)33)14-22(32)15-31/h4*6-13,21-25,31-32H,5,14-16H2,1-4H3/t21-,22+,23+,24+,25+;21-,22+,23-,24+,25+;21-,22-,23+,24+,25+;21-,22-,23-,24+,25+/m0000/s1. The fourth-order valence-corrected chi connectivity index (χ4v) is 24.8. The fraction of sp³-hybridized carbons (Fsp3) is 0.519. The fourth-order valence-electron chi connectivity index (χ4n) is 17.9. The molecule has 8 aromatic carbocycles. The summed E-state index contributed by atoms with van der Waals surface area (Å²) in [5, 5.41) is 82.5. The summed E-state index contributed by atoms with van der Waals surface area (Å²) in [7, 11) is -14.4. The van der Waals surface area contributed by atoms with E-state index in [1.54, 1.807) is 273 Å². The third kappa shape index (κ3) is 31.8. The van der Waals surface area contributed by atoms with E-state index in [2.05, 4.69) is 0 Å². The number of aliphatic hydroxyl groups excluding tert-OH is 8. The van der Waals surface area contributed by atoms with E-state index < -0.39 is 230 Å². The maximum absolute atomic E-state index is 14.0. The molecule has 0 aromatic heterocycles. The Kier molecular flexibility index (Phi) is 45.2. The van der Waals surface area contributed by atoms with Gasteiger partial charge < -0.3 is 79.4 Å². The summed E-state index contributed by atoms with van der Waals surface area (Å²) in [5.41, 5.74) is 5.66. The monoisotopic (exact) mass is 2280 g/mol. The van der Waals surface area contributed by atoms with Crippen molar-refractivity contribution in [2.24, 2.45) is 0 Å². The number of amides is 4. The van der Waals surface area contributed by atoms with Gasteiger partial charge in [0.05, 0.1) is 117 Å². The Morgan fingerprint density at radius 2 is 0.426 bits per heavy atom. The average Bonchev–Trinajstić information content (AvgIpc) is 0.760. The largest absolute Gasteiger partial charge is 0.394 e. The quantitative estimate of drug-likeness (QED) is 0.0181. The third-order valence-corrected chi connectivity index (χ3v) is 39.6. The zero-order chi connectivity index (χ0) is 110. The molecule has 4 aliphatic heterocycles. The van der Waals surface area contributed by atoms with Gasteiger partial charge >= 0.3 is 0 Å². The van der Waals surface area contributed by atoms with Gasteiger partial charge in [0.1, 0.15) is 48.8 Å². The predicted octanol–water partition coefficient (Wildman–Crippen LogP) is 19.0. The zero-order valence-corrected chi connectivity index (χ0v) is 95.2. The van der Waals surface area contributed by atoms with Gasteiger partial charge in [-0.05, 0) is 250 Å². The van der Waals surface area contributed by atoms with Crippen molar-refractivity contribution in [3.63, 3.8) is 0 Å². The van der Waals surface area contributed by atoms with Gasteiger partial charge in [0.2, 0.25) is 0 Å². The van der Waals surface area contributed by atoms with Crippen molar-refractivity contribution < 1.29 is 113 Å². The lowest BCUT2D eigenvalue weighted by molar-refractivity contribution is -0.183. The lowest BCUT2D eigenvalue weighted by Gasteiger charge is -2.48. The molecule has 0 aliphatic carbocycles. The number of sulfone groups is 4. The summed E-state index contributed by atoms with van der Waals surface area (Å²) in [5.74, 6) is -2.71. The molecule has 0 radical (unpaired) electrons. The topological polar surface area (TPSA) is 417 Å². The third-order valence-electron chi connectivity index (χ3n) is 26.9. The van der Waals surface area contributed by atoms with Crippen LogP contribution in [0.3, 0.4) is 0 Å². The Bertz CT molecular complexity index is 5480. The van der Waals surface area contributed by atoms with Crippen molar-refractivity contribution >= 4 is 156 Å². The van der Waals surface area contributed by atoms with Crippen LogP contribution in [0.2, 0.25) is 40.2 Å². The number of carbonyl (C=O) groups is 4. The van der Waals surface area contributed by atoms with Crippen molar-refractivity contribution in [1.29, 1.82) is 0 Å². The molecule has 0 spiro atoms. The Balaban J connectivity index is 0.000000219. The van der Waals surface area contributed by atoms with Gasteiger partial charge in [-0.1, -0.05) is 218 Å². The van der Waals surface area contributed by atoms with Gasteiger partial charge in [-0.2, -0.15) is 0 Å². The van der Waals surface area contributed by atoms with Gasteiger partial charge in [0.15, 0.2) is 39.3 Å². The highest BCUT2D eigenvalue weighted by molar-refractivity contribution is 7.93. The second kappa shape index (κ2) is 53.6. The van der Waals surface area contributed by atoms with Crippen LogP contribution < -0.4 is 0 Å². The molecule has 4 aliphatic rings. The number of morpholine rings is 4. The summed E-state index contributed by atoms with van der Waals surface area (Å²) < 4.78 is 128. The van der Waals surface area contributed by atoms with E-state index in [1.165, 1.54) is 0 Å². The van der Waals surface area contributed by atoms with Gasteiger partial charge in [-0.15, -0.1) is 0 Å². The van der Waals surface area contributed by atoms with Crippen molar-refractivity contribution in [3.8, 4) is 0 Å². The molecule has 20 atom stereocenters. The van der Waals surface area contributed by atoms with Crippen LogP contribution in [0.5, 0.6) is 0 Å². The Morgan fingerprint density at radius 3 is 0.561 bits per heavy atom. The molecule has 40 heteroatoms. The van der Waals surface area contributed by atoms with Crippen LogP contribution in [0.25, 0.3) is 0 Å². The molecular formula is C108H140Cl8N4O24S4. The molecule has 4 fully saturated rings. The molecule has 0 bridgehead atoms. The zero-order valence-electron chi connectivity index (χ0n) is 85.9. The number of hydrogen-bond donors (Lipinski definition) is 8. The number of hydrogen-bond acceptors (Lipinski definition) is 24. The van der Waals surface area contributed by atoms with Gasteiger partial charge in [0.25, 0.3) is 23.6 Å². The number of aliphatic hydroxyl groups is 8. The first-order chi connectivity index (χ1) is 69.1. The lowest BCUT2D eigenvalue weighted by Crippen LogP contribution is -2.57. The summed E-state index contributed by atoms with van der Waals surface area (Å²) in [6.45, 7) is 24.9. The van der Waals surface area contributed by atoms with Gasteiger partial charge in [-0.25, -0.2) is 33.7 Å². The van der Waals surface area contributed by atoms with Gasteiger partial charge in [0, 0.05) is 90.0 Å². The highest BCUT2D eigenvalue weighted by atomic mass is 35.5. The molecule has 4 saturated heterocycles. The van der Waals surface area contributed by atoms with Crippen LogP contribution >= 0.6 is 92.8 Å². The van der Waals surface area contributed by atoms with Gasteiger partial charge in [-0.3, -0.25) is 19.2 Å². The summed E-state index contributed by atoms with van der Waals surface area (Å²) in [6, 6.07) is 50.9. The van der Waals surface area contributed by atoms with Crippen molar-refractivity contribution in [2.75, 3.05) is 49.4 Å².